The summed E-state index contributed by atoms with van der Waals surface area (Å²) in [6, 6.07) is 1.75. The van der Waals surface area contributed by atoms with Crippen LogP contribution in [0.3, 0.4) is 0 Å². The zero-order chi connectivity index (χ0) is 31.6. The number of hydrogen-bond donors (Lipinski definition) is 2. The van der Waals surface area contributed by atoms with E-state index in [9.17, 15) is 0 Å². The summed E-state index contributed by atoms with van der Waals surface area (Å²) in [5, 5.41) is 18.2. The van der Waals surface area contributed by atoms with Crippen LogP contribution in [0.2, 0.25) is 77.6 Å². The van der Waals surface area contributed by atoms with Crippen molar-refractivity contribution in [2.45, 2.75) is 174 Å². The minimum absolute atomic E-state index is 0.0731. The van der Waals surface area contributed by atoms with Gasteiger partial charge in [0, 0.05) is 6.61 Å². The number of unbranched alkanes of at least 4 members (excludes halogenated alkanes) is 11. The lowest BCUT2D eigenvalue weighted by atomic mass is 10.1. The van der Waals surface area contributed by atoms with Gasteiger partial charge in [-0.3, -0.25) is 0 Å². The predicted molar refractivity (Wildman–Crippen MR) is 186 cm³/mol. The predicted octanol–water partition coefficient (Wildman–Crippen LogP) is 8.99. The van der Waals surface area contributed by atoms with Gasteiger partial charge in [0.15, 0.2) is 22.9 Å². The van der Waals surface area contributed by atoms with Gasteiger partial charge in [-0.2, -0.15) is 0 Å². The van der Waals surface area contributed by atoms with Crippen molar-refractivity contribution in [2.24, 2.45) is 0 Å². The van der Waals surface area contributed by atoms with E-state index in [0.29, 0.717) is 6.61 Å². The number of rotatable bonds is 27. The van der Waals surface area contributed by atoms with E-state index in [2.05, 4.69) is 72.4 Å². The molecule has 2 unspecified atom stereocenters. The molecule has 0 heterocycles. The van der Waals surface area contributed by atoms with E-state index in [1.165, 1.54) is 70.6 Å². The van der Waals surface area contributed by atoms with Crippen molar-refractivity contribution in [1.82, 2.24) is 0 Å². The summed E-state index contributed by atoms with van der Waals surface area (Å²) in [6.07, 6.45) is 15.3. The maximum atomic E-state index is 9.10. The molecule has 0 aromatic rings. The normalized spacial score (nSPS) is 16.2. The van der Waals surface area contributed by atoms with Gasteiger partial charge in [-0.1, -0.05) is 84.0 Å². The molecule has 0 aliphatic rings. The number of hydrogen-bond acceptors (Lipinski definition) is 7. The smallest absolute Gasteiger partial charge is 0.317 e. The van der Waals surface area contributed by atoms with Crippen molar-refractivity contribution in [3.05, 3.63) is 0 Å². The number of aliphatic hydroxyl groups is 2. The second-order valence-electron chi connectivity index (χ2n) is 14.6. The van der Waals surface area contributed by atoms with Crippen molar-refractivity contribution in [1.29, 1.82) is 0 Å². The Balaban J connectivity index is 5.22. The molecule has 0 saturated carbocycles. The summed E-state index contributed by atoms with van der Waals surface area (Å²) in [6.45, 7) is 24.8. The molecule has 0 amide bonds. The lowest BCUT2D eigenvalue weighted by molar-refractivity contribution is -0.0945. The van der Waals surface area contributed by atoms with Crippen molar-refractivity contribution in [2.75, 3.05) is 13.2 Å². The quantitative estimate of drug-likeness (QED) is 0.0512. The molecule has 0 aliphatic heterocycles. The fourth-order valence-electron chi connectivity index (χ4n) is 5.60. The highest BCUT2D eigenvalue weighted by Gasteiger charge is 2.48. The Bertz CT molecular complexity index is 658. The highest BCUT2D eigenvalue weighted by atomic mass is 28.5. The second-order valence-corrected chi connectivity index (χ2v) is 34.6. The Hall–Kier alpha value is 0.804. The van der Waals surface area contributed by atoms with E-state index < -0.39 is 48.6 Å². The maximum absolute atomic E-state index is 9.10. The zero-order valence-electron chi connectivity index (χ0n) is 29.0. The Kier molecular flexibility index (Phi) is 21.2. The molecule has 0 aliphatic carbocycles. The van der Waals surface area contributed by atoms with Crippen molar-refractivity contribution >= 4 is 42.3 Å². The summed E-state index contributed by atoms with van der Waals surface area (Å²) in [5.74, 6) is 0. The van der Waals surface area contributed by atoms with Gasteiger partial charge in [-0.05, 0) is 84.0 Å². The second kappa shape index (κ2) is 20.8. The standard InChI is InChI=1S/C29H70O7Si5/c1-12-13-14-15-16-17-18-19-20-21-22-23-26-41(11,35-39(8,9)33-37(2,3)4)36-40(10,34-38(5,6)7)27-24-25-32-28-29(30)31/h29-31H,12-28H2,1-11H3. The van der Waals surface area contributed by atoms with Crippen LogP contribution in [0.4, 0.5) is 0 Å². The first-order valence-electron chi connectivity index (χ1n) is 16.5. The summed E-state index contributed by atoms with van der Waals surface area (Å²) in [4.78, 5) is 0. The molecule has 0 saturated heterocycles. The average Bonchev–Trinajstić information content (AvgIpc) is 2.75. The van der Waals surface area contributed by atoms with Gasteiger partial charge in [0.2, 0.25) is 0 Å². The van der Waals surface area contributed by atoms with Crippen LogP contribution in [0.5, 0.6) is 0 Å². The topological polar surface area (TPSA) is 86.6 Å². The van der Waals surface area contributed by atoms with Crippen molar-refractivity contribution in [3.63, 3.8) is 0 Å². The molecule has 2 atom stereocenters. The van der Waals surface area contributed by atoms with Gasteiger partial charge in [0.25, 0.3) is 0 Å². The maximum Gasteiger partial charge on any atom is 0.317 e. The van der Waals surface area contributed by atoms with Gasteiger partial charge >= 0.3 is 25.7 Å². The molecule has 7 nitrogen and oxygen atoms in total. The fraction of sp³-hybridized carbons (Fsp3) is 1.00. The van der Waals surface area contributed by atoms with Gasteiger partial charge in [0.1, 0.15) is 0 Å². The molecule has 12 heteroatoms. The van der Waals surface area contributed by atoms with Crippen LogP contribution in [-0.2, 0) is 21.2 Å². The van der Waals surface area contributed by atoms with Crippen LogP contribution in [0, 0.1) is 0 Å². The van der Waals surface area contributed by atoms with E-state index in [1.807, 2.05) is 0 Å². The monoisotopic (exact) mass is 670 g/mol. The molecule has 0 bridgehead atoms. The van der Waals surface area contributed by atoms with Crippen LogP contribution in [0.25, 0.3) is 0 Å². The van der Waals surface area contributed by atoms with E-state index in [4.69, 9.17) is 31.4 Å². The fourth-order valence-corrected chi connectivity index (χ4v) is 29.4. The van der Waals surface area contributed by atoms with Crippen LogP contribution >= 0.6 is 0 Å². The van der Waals surface area contributed by atoms with Gasteiger partial charge in [-0.25, -0.2) is 0 Å². The molecule has 41 heavy (non-hydrogen) atoms. The van der Waals surface area contributed by atoms with Gasteiger partial charge in [-0.15, -0.1) is 0 Å². The molecular formula is C29H70O7Si5. The first-order chi connectivity index (χ1) is 18.8. The molecule has 0 aromatic carbocycles. The van der Waals surface area contributed by atoms with E-state index in [1.54, 1.807) is 0 Å². The Morgan fingerprint density at radius 1 is 0.488 bits per heavy atom. The minimum atomic E-state index is -2.61. The lowest BCUT2D eigenvalue weighted by Crippen LogP contribution is -2.60. The van der Waals surface area contributed by atoms with Gasteiger partial charge < -0.3 is 31.4 Å². The van der Waals surface area contributed by atoms with Crippen LogP contribution in [-0.4, -0.2) is 72.0 Å². The third kappa shape index (κ3) is 25.8. The number of ether oxygens (including phenoxy) is 1. The highest BCUT2D eigenvalue weighted by molar-refractivity contribution is 6.90. The van der Waals surface area contributed by atoms with Crippen molar-refractivity contribution < 1.29 is 31.4 Å². The van der Waals surface area contributed by atoms with Crippen molar-refractivity contribution in [3.8, 4) is 0 Å². The summed E-state index contributed by atoms with van der Waals surface area (Å²) < 4.78 is 33.0. The largest absolute Gasteiger partial charge is 0.437 e. The van der Waals surface area contributed by atoms with Crippen LogP contribution in [0.15, 0.2) is 0 Å². The molecule has 0 spiro atoms. The Morgan fingerprint density at radius 2 is 0.902 bits per heavy atom. The van der Waals surface area contributed by atoms with Crippen LogP contribution < -0.4 is 0 Å². The average molecular weight is 671 g/mol. The van der Waals surface area contributed by atoms with E-state index in [0.717, 1.165) is 24.9 Å². The Labute approximate surface area is 260 Å². The SMILES string of the molecule is CCCCCCCCCCCCCC[Si](C)(O[Si](C)(C)O[Si](C)(C)C)O[Si](C)(CCCOCC(O)O)O[Si](C)(C)C. The first kappa shape index (κ1) is 41.8. The van der Waals surface area contributed by atoms with Crippen LogP contribution in [0.1, 0.15) is 90.4 Å². The molecule has 2 N–H and O–H groups in total. The first-order valence-corrected chi connectivity index (χ1v) is 31.2. The molecule has 0 fully saturated rings. The summed E-state index contributed by atoms with van der Waals surface area (Å²) in [7, 11) is -11.2. The lowest BCUT2D eigenvalue weighted by Gasteiger charge is -2.44. The number of aliphatic hydroxyl groups excluding tert-OH is 1. The third-order valence-electron chi connectivity index (χ3n) is 6.64. The Morgan fingerprint density at radius 3 is 1.34 bits per heavy atom. The molecule has 0 rings (SSSR count). The van der Waals surface area contributed by atoms with E-state index in [-0.39, 0.29) is 6.61 Å². The zero-order valence-corrected chi connectivity index (χ0v) is 34.0. The minimum Gasteiger partial charge on any atom is -0.437 e. The molecule has 248 valence electrons. The molecule has 0 aromatic heterocycles. The summed E-state index contributed by atoms with van der Waals surface area (Å²) in [5.41, 5.74) is 0. The third-order valence-corrected chi connectivity index (χ3v) is 24.9. The summed E-state index contributed by atoms with van der Waals surface area (Å²) >= 11 is 0. The highest BCUT2D eigenvalue weighted by Crippen LogP contribution is 2.32. The molecule has 0 radical (unpaired) electrons. The van der Waals surface area contributed by atoms with Gasteiger partial charge in [0.05, 0.1) is 6.61 Å². The molecular weight excluding hydrogens is 601 g/mol. The van der Waals surface area contributed by atoms with E-state index >= 15 is 0 Å².